The third-order valence-corrected chi connectivity index (χ3v) is 5.98. The van der Waals surface area contributed by atoms with E-state index in [-0.39, 0.29) is 24.2 Å². The third-order valence-electron chi connectivity index (χ3n) is 5.62. The normalized spacial score (nSPS) is 21.8. The molecular weight excluding hydrogens is 378 g/mol. The predicted octanol–water partition coefficient (Wildman–Crippen LogP) is 1.71. The summed E-state index contributed by atoms with van der Waals surface area (Å²) in [4.78, 5) is 26.8. The lowest BCUT2D eigenvalue weighted by atomic mass is 9.83. The Morgan fingerprint density at radius 3 is 2.86 bits per heavy atom. The number of nitrogens with one attached hydrogen (secondary N) is 1. The molecule has 0 aliphatic carbocycles. The molecule has 0 spiro atoms. The van der Waals surface area contributed by atoms with Crippen molar-refractivity contribution in [2.24, 2.45) is 5.92 Å². The van der Waals surface area contributed by atoms with Crippen molar-refractivity contribution >= 4 is 23.2 Å². The molecule has 2 bridgehead atoms. The van der Waals surface area contributed by atoms with Gasteiger partial charge in [-0.25, -0.2) is 0 Å². The topological polar surface area (TPSA) is 72.8 Å². The molecule has 1 aromatic carbocycles. The van der Waals surface area contributed by atoms with E-state index in [0.717, 1.165) is 18.7 Å². The number of nitrogens with zero attached hydrogens (tertiary/aromatic N) is 2. The van der Waals surface area contributed by atoms with Crippen LogP contribution in [0, 0.1) is 5.92 Å². The minimum absolute atomic E-state index is 0.0549. The molecule has 0 saturated carbocycles. The number of benzene rings is 1. The molecule has 5 rings (SSSR count). The second-order valence-electron chi connectivity index (χ2n) is 7.43. The summed E-state index contributed by atoms with van der Waals surface area (Å²) in [5.74, 6) is 1.51. The van der Waals surface area contributed by atoms with Crippen molar-refractivity contribution in [1.82, 2.24) is 14.8 Å². The smallest absolute Gasteiger partial charge is 0.257 e. The first kappa shape index (κ1) is 17.2. The average molecular weight is 397 g/mol. The van der Waals surface area contributed by atoms with Gasteiger partial charge in [0.2, 0.25) is 6.79 Å². The second-order valence-corrected chi connectivity index (χ2v) is 7.82. The van der Waals surface area contributed by atoms with E-state index in [2.05, 4.69) is 5.32 Å². The van der Waals surface area contributed by atoms with Crippen LogP contribution in [-0.4, -0.2) is 40.4 Å². The van der Waals surface area contributed by atoms with Crippen molar-refractivity contribution in [3.8, 4) is 11.5 Å². The fourth-order valence-corrected chi connectivity index (χ4v) is 4.59. The van der Waals surface area contributed by atoms with Gasteiger partial charge in [-0.2, -0.15) is 0 Å². The van der Waals surface area contributed by atoms with Crippen LogP contribution in [0.5, 0.6) is 11.5 Å². The number of rotatable bonds is 1. The standard InChI is InChI=1S/C20H19N3O4S/c24-18-3-1-2-15-14-6-12(9-23(15)18)8-22(10-14)20(28)21-19(25)13-4-5-16-17(7-13)27-11-26-16/h1-5,7,12,14H,6,8-11H2,(H,21,25,28)/t12-,14?/m0/s1. The zero-order valence-electron chi connectivity index (χ0n) is 15.1. The Hall–Kier alpha value is -2.87. The van der Waals surface area contributed by atoms with Gasteiger partial charge in [-0.05, 0) is 48.8 Å². The second kappa shape index (κ2) is 6.63. The lowest BCUT2D eigenvalue weighted by molar-refractivity contribution is 0.0967. The number of amides is 1. The minimum atomic E-state index is -0.268. The highest BCUT2D eigenvalue weighted by Crippen LogP contribution is 2.35. The van der Waals surface area contributed by atoms with Crippen LogP contribution in [0.4, 0.5) is 0 Å². The molecule has 1 amide bonds. The maximum atomic E-state index is 12.6. The zero-order chi connectivity index (χ0) is 19.3. The van der Waals surface area contributed by atoms with Crippen LogP contribution in [0.3, 0.4) is 0 Å². The van der Waals surface area contributed by atoms with Gasteiger partial charge in [0.25, 0.3) is 11.5 Å². The largest absolute Gasteiger partial charge is 0.454 e. The van der Waals surface area contributed by atoms with Crippen LogP contribution in [0.1, 0.15) is 28.4 Å². The number of thiocarbonyl (C=S) groups is 1. The molecule has 8 heteroatoms. The van der Waals surface area contributed by atoms with Crippen molar-refractivity contribution in [1.29, 1.82) is 0 Å². The van der Waals surface area contributed by atoms with Crippen LogP contribution in [-0.2, 0) is 6.54 Å². The molecule has 0 radical (unpaired) electrons. The number of likely N-dealkylation sites (tertiary alicyclic amines) is 1. The van der Waals surface area contributed by atoms with Crippen LogP contribution < -0.4 is 20.3 Å². The summed E-state index contributed by atoms with van der Waals surface area (Å²) in [7, 11) is 0. The predicted molar refractivity (Wildman–Crippen MR) is 106 cm³/mol. The third kappa shape index (κ3) is 2.93. The Bertz CT molecular complexity index is 1030. The van der Waals surface area contributed by atoms with Gasteiger partial charge in [-0.1, -0.05) is 6.07 Å². The van der Waals surface area contributed by atoms with Crippen LogP contribution in [0.25, 0.3) is 0 Å². The highest BCUT2D eigenvalue weighted by atomic mass is 32.1. The van der Waals surface area contributed by atoms with Gasteiger partial charge in [-0.3, -0.25) is 14.9 Å². The van der Waals surface area contributed by atoms with Crippen LogP contribution in [0.15, 0.2) is 41.2 Å². The number of ether oxygens (including phenoxy) is 2. The quantitative estimate of drug-likeness (QED) is 0.739. The molecule has 1 unspecified atom stereocenters. The number of aromatic nitrogens is 1. The Kier molecular flexibility index (Phi) is 4.08. The summed E-state index contributed by atoms with van der Waals surface area (Å²) in [5.41, 5.74) is 1.58. The minimum Gasteiger partial charge on any atom is -0.454 e. The molecule has 1 fully saturated rings. The van der Waals surface area contributed by atoms with Gasteiger partial charge < -0.3 is 18.9 Å². The highest BCUT2D eigenvalue weighted by molar-refractivity contribution is 7.80. The SMILES string of the molecule is O=C(NC(=S)N1CC2C[C@@H](C1)Cn1c2cccc1=O)c1ccc2c(c1)OCO2. The Morgan fingerprint density at radius 1 is 1.11 bits per heavy atom. The average Bonchev–Trinajstić information content (AvgIpc) is 3.16. The summed E-state index contributed by atoms with van der Waals surface area (Å²) in [5, 5.41) is 3.26. The molecule has 28 heavy (non-hydrogen) atoms. The summed E-state index contributed by atoms with van der Waals surface area (Å²) in [6.45, 7) is 2.29. The molecule has 1 saturated heterocycles. The van der Waals surface area contributed by atoms with E-state index in [1.807, 2.05) is 21.6 Å². The first-order valence-corrected chi connectivity index (χ1v) is 9.69. The van der Waals surface area contributed by atoms with Crippen molar-refractivity contribution in [2.45, 2.75) is 18.9 Å². The molecule has 144 valence electrons. The van der Waals surface area contributed by atoms with Gasteiger partial charge in [0.05, 0.1) is 0 Å². The first-order chi connectivity index (χ1) is 13.6. The van der Waals surface area contributed by atoms with Crippen molar-refractivity contribution < 1.29 is 14.3 Å². The maximum absolute atomic E-state index is 12.6. The number of carbonyl (C=O) groups excluding carboxylic acids is 1. The van der Waals surface area contributed by atoms with E-state index in [4.69, 9.17) is 21.7 Å². The zero-order valence-corrected chi connectivity index (χ0v) is 15.9. The molecule has 2 atom stereocenters. The van der Waals surface area contributed by atoms with E-state index in [1.165, 1.54) is 0 Å². The molecule has 1 aromatic heterocycles. The van der Waals surface area contributed by atoms with Crippen molar-refractivity contribution in [2.75, 3.05) is 19.9 Å². The van der Waals surface area contributed by atoms with Crippen LogP contribution >= 0.6 is 12.2 Å². The van der Waals surface area contributed by atoms with Gasteiger partial charge in [-0.15, -0.1) is 0 Å². The number of carbonyl (C=O) groups is 1. The van der Waals surface area contributed by atoms with E-state index in [1.54, 1.807) is 24.3 Å². The summed E-state index contributed by atoms with van der Waals surface area (Å²) in [6, 6.07) is 10.5. The fraction of sp³-hybridized carbons (Fsp3) is 0.350. The summed E-state index contributed by atoms with van der Waals surface area (Å²) >= 11 is 5.52. The van der Waals surface area contributed by atoms with Gasteiger partial charge in [0, 0.05) is 42.9 Å². The lowest BCUT2D eigenvalue weighted by Gasteiger charge is -2.43. The molecule has 4 heterocycles. The number of piperidine rings is 1. The Morgan fingerprint density at radius 2 is 1.96 bits per heavy atom. The molecule has 2 aromatic rings. The van der Waals surface area contributed by atoms with Crippen molar-refractivity contribution in [3.63, 3.8) is 0 Å². The van der Waals surface area contributed by atoms with E-state index < -0.39 is 0 Å². The monoisotopic (exact) mass is 397 g/mol. The van der Waals surface area contributed by atoms with Gasteiger partial charge in [0.15, 0.2) is 16.6 Å². The molecule has 1 N–H and O–H groups in total. The number of fused-ring (bicyclic) bond motifs is 5. The lowest BCUT2D eigenvalue weighted by Crippen LogP contribution is -2.52. The van der Waals surface area contributed by atoms with Gasteiger partial charge >= 0.3 is 0 Å². The molecular formula is C20H19N3O4S. The number of hydrogen-bond donors (Lipinski definition) is 1. The Labute approximate surface area is 166 Å². The van der Waals surface area contributed by atoms with Crippen LogP contribution in [0.2, 0.25) is 0 Å². The number of hydrogen-bond acceptors (Lipinski definition) is 5. The summed E-state index contributed by atoms with van der Waals surface area (Å²) < 4.78 is 12.5. The van der Waals surface area contributed by atoms with E-state index in [0.29, 0.717) is 41.2 Å². The van der Waals surface area contributed by atoms with Crippen molar-refractivity contribution in [3.05, 3.63) is 58.0 Å². The maximum Gasteiger partial charge on any atom is 0.257 e. The molecule has 7 nitrogen and oxygen atoms in total. The Balaban J connectivity index is 1.30. The van der Waals surface area contributed by atoms with E-state index >= 15 is 0 Å². The highest BCUT2D eigenvalue weighted by Gasteiger charge is 2.35. The fourth-order valence-electron chi connectivity index (χ4n) is 4.35. The molecule has 3 aliphatic heterocycles. The van der Waals surface area contributed by atoms with E-state index in [9.17, 15) is 9.59 Å². The van der Waals surface area contributed by atoms with Gasteiger partial charge in [0.1, 0.15) is 0 Å². The molecule has 3 aliphatic rings. The number of pyridine rings is 1. The first-order valence-electron chi connectivity index (χ1n) is 9.28. The summed E-state index contributed by atoms with van der Waals surface area (Å²) in [6.07, 6.45) is 1.04.